The van der Waals surface area contributed by atoms with Crippen molar-refractivity contribution < 1.29 is 8.42 Å². The Morgan fingerprint density at radius 2 is 1.58 bits per heavy atom. The lowest BCUT2D eigenvalue weighted by molar-refractivity contribution is 0.567. The molecule has 2 aromatic carbocycles. The monoisotopic (exact) mass is 276 g/mol. The Kier molecular flexibility index (Phi) is 3.87. The Balaban J connectivity index is 2.20. The molecule has 0 bridgehead atoms. The fraction of sp³-hybridized carbons (Fsp3) is 0.143. The van der Waals surface area contributed by atoms with Crippen LogP contribution in [0.2, 0.25) is 0 Å². The van der Waals surface area contributed by atoms with Gasteiger partial charge in [0.2, 0.25) is 10.0 Å². The van der Waals surface area contributed by atoms with Crippen molar-refractivity contribution in [2.75, 3.05) is 5.73 Å². The van der Waals surface area contributed by atoms with Crippen molar-refractivity contribution >= 4 is 15.7 Å². The molecule has 0 saturated carbocycles. The Morgan fingerprint density at radius 1 is 1.00 bits per heavy atom. The Hall–Kier alpha value is -1.85. The molecule has 5 heteroatoms. The van der Waals surface area contributed by atoms with E-state index in [0.29, 0.717) is 5.69 Å². The van der Waals surface area contributed by atoms with Crippen molar-refractivity contribution in [2.24, 2.45) is 0 Å². The quantitative estimate of drug-likeness (QED) is 0.842. The van der Waals surface area contributed by atoms with Gasteiger partial charge in [0, 0.05) is 11.7 Å². The smallest absolute Gasteiger partial charge is 0.241 e. The highest BCUT2D eigenvalue weighted by Gasteiger charge is 2.17. The third kappa shape index (κ3) is 3.33. The van der Waals surface area contributed by atoms with E-state index in [1.807, 2.05) is 37.3 Å². The van der Waals surface area contributed by atoms with Crippen LogP contribution in [0.3, 0.4) is 0 Å². The van der Waals surface area contributed by atoms with E-state index in [2.05, 4.69) is 4.72 Å². The third-order valence-electron chi connectivity index (χ3n) is 2.82. The fourth-order valence-corrected chi connectivity index (χ4v) is 2.99. The van der Waals surface area contributed by atoms with Crippen LogP contribution >= 0.6 is 0 Å². The molecule has 0 spiro atoms. The highest BCUT2D eigenvalue weighted by atomic mass is 32.2. The topological polar surface area (TPSA) is 72.2 Å². The summed E-state index contributed by atoms with van der Waals surface area (Å²) < 4.78 is 27.0. The highest BCUT2D eigenvalue weighted by Crippen LogP contribution is 2.17. The second-order valence-corrected chi connectivity index (χ2v) is 6.04. The first-order chi connectivity index (χ1) is 8.99. The maximum atomic E-state index is 12.2. The Morgan fingerprint density at radius 3 is 2.16 bits per heavy atom. The van der Waals surface area contributed by atoms with E-state index < -0.39 is 10.0 Å². The number of nitrogens with one attached hydrogen (secondary N) is 1. The first kappa shape index (κ1) is 13.6. The second kappa shape index (κ2) is 5.42. The van der Waals surface area contributed by atoms with Gasteiger partial charge in [0.15, 0.2) is 0 Å². The number of nitrogens with two attached hydrogens (primary N) is 1. The van der Waals surface area contributed by atoms with Gasteiger partial charge in [-0.25, -0.2) is 13.1 Å². The lowest BCUT2D eigenvalue weighted by Gasteiger charge is -2.14. The Bertz CT molecular complexity index is 637. The predicted octanol–water partition coefficient (Wildman–Crippen LogP) is 2.31. The van der Waals surface area contributed by atoms with E-state index in [0.717, 1.165) is 5.56 Å². The SMILES string of the molecule is C[C@H](NS(=O)(=O)c1ccc(N)cc1)c1ccccc1. The van der Waals surface area contributed by atoms with Gasteiger partial charge in [0.1, 0.15) is 0 Å². The van der Waals surface area contributed by atoms with Crippen LogP contribution in [-0.4, -0.2) is 8.42 Å². The average molecular weight is 276 g/mol. The van der Waals surface area contributed by atoms with Gasteiger partial charge in [0.05, 0.1) is 4.90 Å². The second-order valence-electron chi connectivity index (χ2n) is 4.32. The van der Waals surface area contributed by atoms with Gasteiger partial charge in [-0.05, 0) is 36.8 Å². The summed E-state index contributed by atoms with van der Waals surface area (Å²) in [5.74, 6) is 0. The van der Waals surface area contributed by atoms with Crippen LogP contribution in [0.15, 0.2) is 59.5 Å². The molecule has 4 nitrogen and oxygen atoms in total. The maximum absolute atomic E-state index is 12.2. The zero-order valence-electron chi connectivity index (χ0n) is 10.6. The van der Waals surface area contributed by atoms with E-state index in [9.17, 15) is 8.42 Å². The molecular weight excluding hydrogens is 260 g/mol. The molecule has 2 aromatic rings. The van der Waals surface area contributed by atoms with Gasteiger partial charge in [-0.2, -0.15) is 0 Å². The minimum absolute atomic E-state index is 0.212. The summed E-state index contributed by atoms with van der Waals surface area (Å²) in [4.78, 5) is 0.212. The molecule has 0 aliphatic heterocycles. The summed E-state index contributed by atoms with van der Waals surface area (Å²) in [6, 6.07) is 15.3. The third-order valence-corrected chi connectivity index (χ3v) is 4.38. The zero-order chi connectivity index (χ0) is 13.9. The van der Waals surface area contributed by atoms with E-state index in [1.165, 1.54) is 12.1 Å². The van der Waals surface area contributed by atoms with Crippen molar-refractivity contribution in [3.63, 3.8) is 0 Å². The standard InChI is InChI=1S/C14H16N2O2S/c1-11(12-5-3-2-4-6-12)16-19(17,18)14-9-7-13(15)8-10-14/h2-11,16H,15H2,1H3/t11-/m0/s1. The van der Waals surface area contributed by atoms with E-state index in [4.69, 9.17) is 5.73 Å². The van der Waals surface area contributed by atoms with Crippen molar-refractivity contribution in [3.8, 4) is 0 Å². The molecule has 1 atom stereocenters. The first-order valence-corrected chi connectivity index (χ1v) is 7.40. The van der Waals surface area contributed by atoms with Crippen molar-refractivity contribution in [2.45, 2.75) is 17.9 Å². The predicted molar refractivity (Wildman–Crippen MR) is 76.0 cm³/mol. The molecule has 3 N–H and O–H groups in total. The number of sulfonamides is 1. The molecule has 0 aromatic heterocycles. The van der Waals surface area contributed by atoms with E-state index in [-0.39, 0.29) is 10.9 Å². The molecule has 0 unspecified atom stereocenters. The van der Waals surface area contributed by atoms with Crippen LogP contribution < -0.4 is 10.5 Å². The first-order valence-electron chi connectivity index (χ1n) is 5.92. The number of anilines is 1. The van der Waals surface area contributed by atoms with Gasteiger partial charge in [-0.3, -0.25) is 0 Å². The van der Waals surface area contributed by atoms with Gasteiger partial charge in [0.25, 0.3) is 0 Å². The zero-order valence-corrected chi connectivity index (χ0v) is 11.4. The number of nitrogen functional groups attached to an aromatic ring is 1. The lowest BCUT2D eigenvalue weighted by Crippen LogP contribution is -2.26. The molecule has 0 fully saturated rings. The number of benzene rings is 2. The molecule has 100 valence electrons. The van der Waals surface area contributed by atoms with Gasteiger partial charge >= 0.3 is 0 Å². The summed E-state index contributed by atoms with van der Waals surface area (Å²) in [6.45, 7) is 1.81. The summed E-state index contributed by atoms with van der Waals surface area (Å²) in [6.07, 6.45) is 0. The molecule has 0 aliphatic carbocycles. The summed E-state index contributed by atoms with van der Waals surface area (Å²) in [5, 5.41) is 0. The van der Waals surface area contributed by atoms with Crippen LogP contribution in [0.25, 0.3) is 0 Å². The normalized spacial score (nSPS) is 13.1. The molecule has 0 amide bonds. The minimum atomic E-state index is -3.53. The van der Waals surface area contributed by atoms with E-state index in [1.54, 1.807) is 12.1 Å². The lowest BCUT2D eigenvalue weighted by atomic mass is 10.1. The minimum Gasteiger partial charge on any atom is -0.399 e. The average Bonchev–Trinajstić information content (AvgIpc) is 2.40. The fourth-order valence-electron chi connectivity index (χ4n) is 1.76. The molecule has 19 heavy (non-hydrogen) atoms. The number of rotatable bonds is 4. The molecule has 0 saturated heterocycles. The summed E-state index contributed by atoms with van der Waals surface area (Å²) >= 11 is 0. The number of hydrogen-bond donors (Lipinski definition) is 2. The summed E-state index contributed by atoms with van der Waals surface area (Å²) in [7, 11) is -3.53. The van der Waals surface area contributed by atoms with Gasteiger partial charge in [-0.1, -0.05) is 30.3 Å². The molecule has 0 aliphatic rings. The van der Waals surface area contributed by atoms with Crippen molar-refractivity contribution in [1.29, 1.82) is 0 Å². The largest absolute Gasteiger partial charge is 0.399 e. The van der Waals surface area contributed by atoms with Crippen molar-refractivity contribution in [3.05, 3.63) is 60.2 Å². The van der Waals surface area contributed by atoms with Crippen LogP contribution in [0.5, 0.6) is 0 Å². The molecule has 0 heterocycles. The molecule has 2 rings (SSSR count). The van der Waals surface area contributed by atoms with Crippen LogP contribution in [0.4, 0.5) is 5.69 Å². The highest BCUT2D eigenvalue weighted by molar-refractivity contribution is 7.89. The van der Waals surface area contributed by atoms with E-state index >= 15 is 0 Å². The molecular formula is C14H16N2O2S. The van der Waals surface area contributed by atoms with Crippen LogP contribution in [-0.2, 0) is 10.0 Å². The Labute approximate surface area is 113 Å². The maximum Gasteiger partial charge on any atom is 0.241 e. The van der Waals surface area contributed by atoms with Crippen molar-refractivity contribution in [1.82, 2.24) is 4.72 Å². The number of hydrogen-bond acceptors (Lipinski definition) is 3. The van der Waals surface area contributed by atoms with Crippen LogP contribution in [0, 0.1) is 0 Å². The summed E-state index contributed by atoms with van der Waals surface area (Å²) in [5.41, 5.74) is 7.00. The van der Waals surface area contributed by atoms with Crippen LogP contribution in [0.1, 0.15) is 18.5 Å². The molecule has 0 radical (unpaired) electrons. The van der Waals surface area contributed by atoms with Gasteiger partial charge < -0.3 is 5.73 Å². The van der Waals surface area contributed by atoms with Gasteiger partial charge in [-0.15, -0.1) is 0 Å².